The molecule has 0 aliphatic heterocycles. The Labute approximate surface area is 115 Å². The number of hydrogen-bond donors (Lipinski definition) is 2. The Morgan fingerprint density at radius 1 is 1.28 bits per heavy atom. The maximum Gasteiger partial charge on any atom is 0.126 e. The molecule has 0 spiro atoms. The second-order valence-corrected chi connectivity index (χ2v) is 4.72. The van der Waals surface area contributed by atoms with Crippen molar-refractivity contribution in [1.82, 2.24) is 9.97 Å². The maximum atomic E-state index is 6.07. The third-order valence-electron chi connectivity index (χ3n) is 2.55. The molecule has 6 heteroatoms. The Hall–Kier alpha value is -1.36. The number of nitrogens with two attached hydrogens (primary N) is 2. The molecule has 0 aliphatic rings. The Morgan fingerprint density at radius 2 is 2.06 bits per heavy atom. The van der Waals surface area contributed by atoms with Crippen LogP contribution in [-0.4, -0.2) is 9.97 Å². The number of halogens is 2. The molecule has 0 radical (unpaired) electrons. The van der Waals surface area contributed by atoms with Gasteiger partial charge in [-0.1, -0.05) is 29.3 Å². The molecule has 1 atom stereocenters. The molecule has 2 rings (SSSR count). The molecule has 2 aromatic rings. The van der Waals surface area contributed by atoms with Gasteiger partial charge in [0.15, 0.2) is 0 Å². The highest BCUT2D eigenvalue weighted by Crippen LogP contribution is 2.25. The van der Waals surface area contributed by atoms with E-state index in [9.17, 15) is 0 Å². The number of nitrogen functional groups attached to an aromatic ring is 1. The zero-order chi connectivity index (χ0) is 13.1. The van der Waals surface area contributed by atoms with E-state index in [4.69, 9.17) is 34.7 Å². The van der Waals surface area contributed by atoms with Crippen LogP contribution in [0.25, 0.3) is 0 Å². The maximum absolute atomic E-state index is 6.07. The number of hydrogen-bond acceptors (Lipinski definition) is 4. The van der Waals surface area contributed by atoms with Crippen molar-refractivity contribution < 1.29 is 0 Å². The van der Waals surface area contributed by atoms with Crippen molar-refractivity contribution in [3.05, 3.63) is 51.9 Å². The lowest BCUT2D eigenvalue weighted by Gasteiger charge is -2.13. The summed E-state index contributed by atoms with van der Waals surface area (Å²) in [5.74, 6) is 0.470. The first-order valence-electron chi connectivity index (χ1n) is 5.34. The molecule has 0 fully saturated rings. The summed E-state index contributed by atoms with van der Waals surface area (Å²) in [6, 6.07) is 4.97. The fourth-order valence-electron chi connectivity index (χ4n) is 1.66. The first-order valence-corrected chi connectivity index (χ1v) is 6.09. The minimum Gasteiger partial charge on any atom is -0.383 e. The van der Waals surface area contributed by atoms with Gasteiger partial charge in [0.2, 0.25) is 0 Å². The van der Waals surface area contributed by atoms with Crippen LogP contribution in [0.4, 0.5) is 5.82 Å². The summed E-state index contributed by atoms with van der Waals surface area (Å²) in [5, 5.41) is 0.939. The van der Waals surface area contributed by atoms with Crippen molar-refractivity contribution in [2.75, 3.05) is 5.73 Å². The average molecular weight is 283 g/mol. The van der Waals surface area contributed by atoms with Crippen LogP contribution in [0.1, 0.15) is 17.3 Å². The third-order valence-corrected chi connectivity index (χ3v) is 3.06. The van der Waals surface area contributed by atoms with Gasteiger partial charge in [-0.15, -0.1) is 0 Å². The number of nitrogens with zero attached hydrogens (tertiary/aromatic N) is 2. The summed E-state index contributed by atoms with van der Waals surface area (Å²) < 4.78 is 0. The fourth-order valence-corrected chi connectivity index (χ4v) is 2.18. The van der Waals surface area contributed by atoms with Crippen LogP contribution in [0.3, 0.4) is 0 Å². The lowest BCUT2D eigenvalue weighted by molar-refractivity contribution is 0.696. The second-order valence-electron chi connectivity index (χ2n) is 3.88. The van der Waals surface area contributed by atoms with Crippen molar-refractivity contribution in [3.63, 3.8) is 0 Å². The van der Waals surface area contributed by atoms with Gasteiger partial charge >= 0.3 is 0 Å². The van der Waals surface area contributed by atoms with Gasteiger partial charge < -0.3 is 11.5 Å². The normalized spacial score (nSPS) is 12.4. The predicted molar refractivity (Wildman–Crippen MR) is 73.5 cm³/mol. The quantitative estimate of drug-likeness (QED) is 0.907. The topological polar surface area (TPSA) is 77.8 Å². The molecule has 2 aromatic heterocycles. The number of rotatable bonds is 3. The van der Waals surface area contributed by atoms with Crippen LogP contribution in [0, 0.1) is 0 Å². The van der Waals surface area contributed by atoms with E-state index in [2.05, 4.69) is 9.97 Å². The average Bonchev–Trinajstić information content (AvgIpc) is 2.32. The summed E-state index contributed by atoms with van der Waals surface area (Å²) in [7, 11) is 0. The lowest BCUT2D eigenvalue weighted by Crippen LogP contribution is -2.16. The highest BCUT2D eigenvalue weighted by atomic mass is 35.5. The van der Waals surface area contributed by atoms with E-state index in [1.54, 1.807) is 12.3 Å². The highest BCUT2D eigenvalue weighted by molar-refractivity contribution is 6.34. The third kappa shape index (κ3) is 2.90. The first-order chi connectivity index (χ1) is 8.58. The molecule has 0 aromatic carbocycles. The molecule has 0 saturated heterocycles. The molecular weight excluding hydrogens is 271 g/mol. The molecule has 18 heavy (non-hydrogen) atoms. The van der Waals surface area contributed by atoms with E-state index in [1.807, 2.05) is 12.1 Å². The van der Waals surface area contributed by atoms with Gasteiger partial charge in [0.1, 0.15) is 5.82 Å². The van der Waals surface area contributed by atoms with Gasteiger partial charge in [0, 0.05) is 12.4 Å². The van der Waals surface area contributed by atoms with Crippen molar-refractivity contribution in [3.8, 4) is 0 Å². The van der Waals surface area contributed by atoms with E-state index in [1.165, 1.54) is 6.20 Å². The predicted octanol–water partition coefficient (Wildman–Crippen LogP) is 2.61. The summed E-state index contributed by atoms with van der Waals surface area (Å²) in [5.41, 5.74) is 13.3. The molecule has 0 amide bonds. The minimum absolute atomic E-state index is 0.346. The first kappa shape index (κ1) is 13.1. The largest absolute Gasteiger partial charge is 0.383 e. The van der Waals surface area contributed by atoms with E-state index < -0.39 is 0 Å². The van der Waals surface area contributed by atoms with Gasteiger partial charge in [0.05, 0.1) is 21.8 Å². The number of anilines is 1. The Kier molecular flexibility index (Phi) is 4.01. The van der Waals surface area contributed by atoms with Crippen molar-refractivity contribution in [1.29, 1.82) is 0 Å². The molecule has 1 unspecified atom stereocenters. The standard InChI is InChI=1S/C12H12Cl2N4/c13-8-5-9(14)11(18-6-8)10(15)4-7-2-1-3-17-12(7)16/h1-3,5-6,10H,4,15H2,(H2,16,17). The molecule has 4 nitrogen and oxygen atoms in total. The lowest BCUT2D eigenvalue weighted by atomic mass is 10.0. The molecule has 4 N–H and O–H groups in total. The monoisotopic (exact) mass is 282 g/mol. The van der Waals surface area contributed by atoms with Gasteiger partial charge in [-0.25, -0.2) is 4.98 Å². The van der Waals surface area contributed by atoms with Crippen molar-refractivity contribution in [2.24, 2.45) is 5.73 Å². The summed E-state index contributed by atoms with van der Waals surface area (Å²) in [6.07, 6.45) is 3.68. The SMILES string of the molecule is Nc1ncccc1CC(N)c1ncc(Cl)cc1Cl. The second kappa shape index (κ2) is 5.52. The molecule has 2 heterocycles. The van der Waals surface area contributed by atoms with Crippen molar-refractivity contribution >= 4 is 29.0 Å². The Morgan fingerprint density at radius 3 is 2.72 bits per heavy atom. The van der Waals surface area contributed by atoms with Crippen LogP contribution in [-0.2, 0) is 6.42 Å². The molecule has 0 bridgehead atoms. The minimum atomic E-state index is -0.346. The van der Waals surface area contributed by atoms with E-state index >= 15 is 0 Å². The van der Waals surface area contributed by atoms with Gasteiger partial charge in [0.25, 0.3) is 0 Å². The molecule has 94 valence electrons. The van der Waals surface area contributed by atoms with Crippen LogP contribution in [0.2, 0.25) is 10.0 Å². The smallest absolute Gasteiger partial charge is 0.126 e. The molecule has 0 saturated carbocycles. The van der Waals surface area contributed by atoms with Crippen LogP contribution in [0.5, 0.6) is 0 Å². The zero-order valence-corrected chi connectivity index (χ0v) is 11.0. The Balaban J connectivity index is 2.22. The fraction of sp³-hybridized carbons (Fsp3) is 0.167. The number of aromatic nitrogens is 2. The van der Waals surface area contributed by atoms with Gasteiger partial charge in [-0.2, -0.15) is 0 Å². The van der Waals surface area contributed by atoms with Crippen LogP contribution < -0.4 is 11.5 Å². The van der Waals surface area contributed by atoms with Crippen molar-refractivity contribution in [2.45, 2.75) is 12.5 Å². The highest BCUT2D eigenvalue weighted by Gasteiger charge is 2.14. The van der Waals surface area contributed by atoms with Crippen LogP contribution in [0.15, 0.2) is 30.6 Å². The van der Waals surface area contributed by atoms with E-state index in [0.717, 1.165) is 5.56 Å². The molecular formula is C12H12Cl2N4. The van der Waals surface area contributed by atoms with Crippen LogP contribution >= 0.6 is 23.2 Å². The van der Waals surface area contributed by atoms with E-state index in [-0.39, 0.29) is 6.04 Å². The Bertz CT molecular complexity index is 560. The molecule has 0 aliphatic carbocycles. The van der Waals surface area contributed by atoms with E-state index in [0.29, 0.717) is 28.0 Å². The zero-order valence-electron chi connectivity index (χ0n) is 9.48. The van der Waals surface area contributed by atoms with Gasteiger partial charge in [-0.3, -0.25) is 4.98 Å². The summed E-state index contributed by atoms with van der Waals surface area (Å²) in [4.78, 5) is 8.16. The summed E-state index contributed by atoms with van der Waals surface area (Å²) in [6.45, 7) is 0. The number of pyridine rings is 2. The summed E-state index contributed by atoms with van der Waals surface area (Å²) >= 11 is 11.8. The van der Waals surface area contributed by atoms with Gasteiger partial charge in [-0.05, 0) is 24.1 Å².